The van der Waals surface area contributed by atoms with E-state index in [1.165, 1.54) is 0 Å². The van der Waals surface area contributed by atoms with Crippen LogP contribution >= 0.6 is 0 Å². The van der Waals surface area contributed by atoms with Gasteiger partial charge in [0.25, 0.3) is 0 Å². The molecule has 0 saturated carbocycles. The zero-order valence-corrected chi connectivity index (χ0v) is 22.5. The maximum Gasteiger partial charge on any atom is 0.410 e. The Balaban J connectivity index is 1.59. The Bertz CT molecular complexity index is 1090. The zero-order chi connectivity index (χ0) is 26.6. The number of nitrogens with zero attached hydrogens (tertiary/aromatic N) is 5. The number of piperidine rings is 1. The number of ether oxygens (including phenoxy) is 2. The van der Waals surface area contributed by atoms with Crippen molar-refractivity contribution in [2.24, 2.45) is 0 Å². The van der Waals surface area contributed by atoms with Crippen molar-refractivity contribution in [3.63, 3.8) is 0 Å². The molecule has 4 rings (SSSR count). The monoisotopic (exact) mass is 510 g/mol. The Hall–Kier alpha value is -3.27. The van der Waals surface area contributed by atoms with Crippen molar-refractivity contribution in [1.82, 2.24) is 30.1 Å². The number of nitrogens with one attached hydrogen (secondary N) is 1. The number of rotatable bonds is 6. The van der Waals surface area contributed by atoms with Crippen molar-refractivity contribution >= 4 is 12.0 Å². The first-order valence-electron chi connectivity index (χ1n) is 13.0. The molecule has 0 bridgehead atoms. The van der Waals surface area contributed by atoms with Gasteiger partial charge in [0.05, 0.1) is 17.6 Å². The summed E-state index contributed by atoms with van der Waals surface area (Å²) in [7, 11) is 2.06. The topological polar surface area (TPSA) is 110 Å². The molecule has 2 fully saturated rings. The highest BCUT2D eigenvalue weighted by atomic mass is 16.6. The average molecular weight is 511 g/mol. The summed E-state index contributed by atoms with van der Waals surface area (Å²) in [6.07, 6.45) is 6.61. The van der Waals surface area contributed by atoms with Crippen molar-refractivity contribution in [3.05, 3.63) is 36.3 Å². The van der Waals surface area contributed by atoms with Crippen LogP contribution in [0.5, 0.6) is 5.88 Å². The summed E-state index contributed by atoms with van der Waals surface area (Å²) < 4.78 is 11.2. The normalized spacial score (nSPS) is 19.9. The van der Waals surface area contributed by atoms with Gasteiger partial charge in [0.15, 0.2) is 5.82 Å². The lowest BCUT2D eigenvalue weighted by Crippen LogP contribution is -2.55. The van der Waals surface area contributed by atoms with E-state index >= 15 is 0 Å². The molecule has 2 aromatic rings. The summed E-state index contributed by atoms with van der Waals surface area (Å²) in [6.45, 7) is 10.5. The number of hydrogen-bond acceptors (Lipinski definition) is 8. The van der Waals surface area contributed by atoms with Gasteiger partial charge in [-0.15, -0.1) is 0 Å². The fourth-order valence-corrected chi connectivity index (χ4v) is 4.95. The lowest BCUT2D eigenvalue weighted by molar-refractivity contribution is -0.129. The number of carbonyl (C=O) groups excluding carboxylic acids is 2. The zero-order valence-electron chi connectivity index (χ0n) is 22.5. The highest BCUT2D eigenvalue weighted by Gasteiger charge is 2.45. The van der Waals surface area contributed by atoms with Gasteiger partial charge < -0.3 is 24.6 Å². The van der Waals surface area contributed by atoms with E-state index in [1.807, 2.05) is 39.8 Å². The lowest BCUT2D eigenvalue weighted by atomic mass is 9.72. The molecule has 0 spiro atoms. The number of carbonyl (C=O) groups is 2. The third-order valence-corrected chi connectivity index (χ3v) is 6.93. The largest absolute Gasteiger partial charge is 0.477 e. The minimum absolute atomic E-state index is 0.0376. The van der Waals surface area contributed by atoms with Crippen molar-refractivity contribution in [2.45, 2.75) is 64.0 Å². The molecular formula is C27H38N6O4. The fraction of sp³-hybridized carbons (Fsp3) is 0.593. The Morgan fingerprint density at radius 3 is 2.43 bits per heavy atom. The number of pyridine rings is 1. The third-order valence-electron chi connectivity index (χ3n) is 6.93. The van der Waals surface area contributed by atoms with Crippen LogP contribution in [0.2, 0.25) is 0 Å². The first kappa shape index (κ1) is 26.8. The van der Waals surface area contributed by atoms with Gasteiger partial charge >= 0.3 is 6.09 Å². The van der Waals surface area contributed by atoms with E-state index in [-0.39, 0.29) is 18.0 Å². The summed E-state index contributed by atoms with van der Waals surface area (Å²) in [5, 5.41) is 3.27. The number of likely N-dealkylation sites (N-methyl/N-ethyl adjacent to an activating group) is 1. The summed E-state index contributed by atoms with van der Waals surface area (Å²) in [5.41, 5.74) is 0.0258. The molecule has 2 aliphatic heterocycles. The average Bonchev–Trinajstić information content (AvgIpc) is 3.28. The maximum atomic E-state index is 13.8. The molecule has 0 unspecified atom stereocenters. The summed E-state index contributed by atoms with van der Waals surface area (Å²) in [5.74, 6) is 0.921. The summed E-state index contributed by atoms with van der Waals surface area (Å²) >= 11 is 0. The molecule has 2 aliphatic rings. The molecule has 10 nitrogen and oxygen atoms in total. The maximum absolute atomic E-state index is 13.8. The first-order chi connectivity index (χ1) is 17.6. The Morgan fingerprint density at radius 2 is 1.84 bits per heavy atom. The number of likely N-dealkylation sites (tertiary alicyclic amines) is 2. The van der Waals surface area contributed by atoms with Crippen LogP contribution in [0.3, 0.4) is 0 Å². The smallest absolute Gasteiger partial charge is 0.410 e. The van der Waals surface area contributed by atoms with Crippen LogP contribution in [0.25, 0.3) is 11.4 Å². The molecule has 2 amide bonds. The minimum Gasteiger partial charge on any atom is -0.477 e. The van der Waals surface area contributed by atoms with Gasteiger partial charge in [0.1, 0.15) is 5.60 Å². The van der Waals surface area contributed by atoms with Crippen LogP contribution in [0, 0.1) is 0 Å². The molecular weight excluding hydrogens is 472 g/mol. The van der Waals surface area contributed by atoms with E-state index in [0.717, 1.165) is 25.1 Å². The second kappa shape index (κ2) is 11.0. The van der Waals surface area contributed by atoms with Crippen molar-refractivity contribution in [1.29, 1.82) is 0 Å². The van der Waals surface area contributed by atoms with Crippen molar-refractivity contribution < 1.29 is 19.1 Å². The van der Waals surface area contributed by atoms with E-state index in [2.05, 4.69) is 32.2 Å². The van der Waals surface area contributed by atoms with E-state index in [4.69, 9.17) is 9.47 Å². The molecule has 0 aliphatic carbocycles. The molecule has 37 heavy (non-hydrogen) atoms. The second-order valence-electron chi connectivity index (χ2n) is 10.9. The van der Waals surface area contributed by atoms with Gasteiger partial charge in [0.2, 0.25) is 11.8 Å². The molecule has 10 heteroatoms. The van der Waals surface area contributed by atoms with Crippen LogP contribution < -0.4 is 10.1 Å². The van der Waals surface area contributed by atoms with Gasteiger partial charge in [-0.25, -0.2) is 19.7 Å². The Labute approximate surface area is 218 Å². The molecule has 200 valence electrons. The summed E-state index contributed by atoms with van der Waals surface area (Å²) in [6, 6.07) is 3.78. The standard InChI is InChI=1S/C27H38N6O4/c1-6-36-23-21(8-7-12-28-23)22-29-16-19(17-30-22)27(24(34)31-20-9-13-32(5)18-20)10-14-33(15-11-27)25(35)37-26(2,3)4/h7-8,12,16-17,20H,6,9-11,13-15,18H2,1-5H3,(H,31,34)/t20-/m0/s1. The molecule has 2 aromatic heterocycles. The predicted molar refractivity (Wildman–Crippen MR) is 139 cm³/mol. The van der Waals surface area contributed by atoms with Gasteiger partial charge in [-0.05, 0) is 72.7 Å². The van der Waals surface area contributed by atoms with E-state index in [1.54, 1.807) is 23.5 Å². The van der Waals surface area contributed by atoms with Crippen LogP contribution in [0.15, 0.2) is 30.7 Å². The van der Waals surface area contributed by atoms with Crippen LogP contribution in [-0.4, -0.2) is 88.2 Å². The van der Waals surface area contributed by atoms with Crippen molar-refractivity contribution in [2.75, 3.05) is 39.8 Å². The van der Waals surface area contributed by atoms with Crippen LogP contribution in [0.4, 0.5) is 4.79 Å². The quantitative estimate of drug-likeness (QED) is 0.632. The third kappa shape index (κ3) is 6.18. The lowest BCUT2D eigenvalue weighted by Gasteiger charge is -2.41. The molecule has 4 heterocycles. The van der Waals surface area contributed by atoms with Gasteiger partial charge in [-0.3, -0.25) is 4.79 Å². The number of amides is 2. The van der Waals surface area contributed by atoms with Crippen molar-refractivity contribution in [3.8, 4) is 17.3 Å². The Morgan fingerprint density at radius 1 is 1.14 bits per heavy atom. The van der Waals surface area contributed by atoms with E-state index in [9.17, 15) is 9.59 Å². The summed E-state index contributed by atoms with van der Waals surface area (Å²) in [4.78, 5) is 43.9. The fourth-order valence-electron chi connectivity index (χ4n) is 4.95. The molecule has 0 radical (unpaired) electrons. The van der Waals surface area contributed by atoms with Gasteiger partial charge in [-0.1, -0.05) is 0 Å². The molecule has 1 N–H and O–H groups in total. The van der Waals surface area contributed by atoms with Gasteiger partial charge in [0, 0.05) is 49.8 Å². The predicted octanol–water partition coefficient (Wildman–Crippen LogP) is 3.03. The van der Waals surface area contributed by atoms with Crippen LogP contribution in [0.1, 0.15) is 52.5 Å². The first-order valence-corrected chi connectivity index (χ1v) is 13.0. The number of aromatic nitrogens is 3. The SMILES string of the molecule is CCOc1ncccc1-c1ncc(C2(C(=O)N[C@H]3CCN(C)C3)CCN(C(=O)OC(C)(C)C)CC2)cn1. The Kier molecular flexibility index (Phi) is 7.96. The molecule has 0 aromatic carbocycles. The van der Waals surface area contributed by atoms with Crippen LogP contribution in [-0.2, 0) is 14.9 Å². The minimum atomic E-state index is -0.837. The van der Waals surface area contributed by atoms with E-state index < -0.39 is 11.0 Å². The van der Waals surface area contributed by atoms with Gasteiger partial charge in [-0.2, -0.15) is 0 Å². The molecule has 1 atom stereocenters. The second-order valence-corrected chi connectivity index (χ2v) is 10.9. The number of hydrogen-bond donors (Lipinski definition) is 1. The highest BCUT2D eigenvalue weighted by Crippen LogP contribution is 2.37. The highest BCUT2D eigenvalue weighted by molar-refractivity contribution is 5.89. The van der Waals surface area contributed by atoms with E-state index in [0.29, 0.717) is 49.8 Å². The molecule has 2 saturated heterocycles.